The lowest BCUT2D eigenvalue weighted by Crippen LogP contribution is -2.60. The molecule has 1 aromatic rings. The predicted octanol–water partition coefficient (Wildman–Crippen LogP) is 4.67. The second-order valence-electron chi connectivity index (χ2n) is 7.43. The molecule has 0 amide bonds. The van der Waals surface area contributed by atoms with Crippen molar-refractivity contribution in [3.05, 3.63) is 27.7 Å². The molecule has 0 bridgehead atoms. The summed E-state index contributed by atoms with van der Waals surface area (Å²) in [6.45, 7) is 15.8. The highest BCUT2D eigenvalue weighted by molar-refractivity contribution is 9.10. The number of aryl methyl sites for hydroxylation is 2. The van der Waals surface area contributed by atoms with E-state index in [1.165, 1.54) is 27.7 Å². The Balaban J connectivity index is 2.33. The van der Waals surface area contributed by atoms with Crippen molar-refractivity contribution >= 4 is 21.6 Å². The van der Waals surface area contributed by atoms with Crippen LogP contribution in [0.25, 0.3) is 0 Å². The summed E-state index contributed by atoms with van der Waals surface area (Å²) in [5, 5.41) is 3.75. The molecule has 1 aliphatic heterocycles. The van der Waals surface area contributed by atoms with E-state index in [4.69, 9.17) is 0 Å². The third kappa shape index (κ3) is 3.62. The topological polar surface area (TPSA) is 15.3 Å². The summed E-state index contributed by atoms with van der Waals surface area (Å²) >= 11 is 3.68. The van der Waals surface area contributed by atoms with Crippen molar-refractivity contribution in [3.63, 3.8) is 0 Å². The zero-order valence-electron chi connectivity index (χ0n) is 14.3. The van der Waals surface area contributed by atoms with Crippen molar-refractivity contribution in [1.29, 1.82) is 0 Å². The second kappa shape index (κ2) is 6.29. The van der Waals surface area contributed by atoms with E-state index >= 15 is 0 Å². The predicted molar refractivity (Wildman–Crippen MR) is 96.3 cm³/mol. The highest BCUT2D eigenvalue weighted by Gasteiger charge is 2.33. The van der Waals surface area contributed by atoms with Gasteiger partial charge in [-0.15, -0.1) is 0 Å². The van der Waals surface area contributed by atoms with Crippen molar-refractivity contribution in [2.45, 2.75) is 60.0 Å². The molecular formula is C18H29BrN2. The van der Waals surface area contributed by atoms with Crippen molar-refractivity contribution in [2.75, 3.05) is 18.0 Å². The van der Waals surface area contributed by atoms with E-state index in [0.29, 0.717) is 12.1 Å². The molecule has 118 valence electrons. The number of nitrogens with zero attached hydrogens (tertiary/aromatic N) is 1. The molecule has 2 atom stereocenters. The molecule has 0 saturated carbocycles. The molecule has 1 aromatic carbocycles. The van der Waals surface area contributed by atoms with E-state index in [-0.39, 0.29) is 5.41 Å². The van der Waals surface area contributed by atoms with Crippen LogP contribution in [0.2, 0.25) is 0 Å². The lowest BCUT2D eigenvalue weighted by molar-refractivity contribution is 0.233. The van der Waals surface area contributed by atoms with Gasteiger partial charge in [-0.2, -0.15) is 0 Å². The lowest BCUT2D eigenvalue weighted by Gasteiger charge is -2.46. The molecule has 0 spiro atoms. The quantitative estimate of drug-likeness (QED) is 0.831. The first-order valence-corrected chi connectivity index (χ1v) is 8.80. The van der Waals surface area contributed by atoms with Crippen molar-refractivity contribution in [1.82, 2.24) is 5.32 Å². The van der Waals surface area contributed by atoms with Gasteiger partial charge in [0.2, 0.25) is 0 Å². The van der Waals surface area contributed by atoms with Gasteiger partial charge in [0.25, 0.3) is 0 Å². The van der Waals surface area contributed by atoms with Gasteiger partial charge >= 0.3 is 0 Å². The van der Waals surface area contributed by atoms with Crippen molar-refractivity contribution in [2.24, 2.45) is 5.41 Å². The zero-order chi connectivity index (χ0) is 15.8. The molecule has 2 nitrogen and oxygen atoms in total. The van der Waals surface area contributed by atoms with Gasteiger partial charge in [0.05, 0.1) is 0 Å². The highest BCUT2D eigenvalue weighted by atomic mass is 79.9. The number of hydrogen-bond donors (Lipinski definition) is 1. The van der Waals surface area contributed by atoms with Crippen LogP contribution in [-0.2, 0) is 0 Å². The van der Waals surface area contributed by atoms with Crippen LogP contribution in [0.3, 0.4) is 0 Å². The number of anilines is 1. The molecule has 2 unspecified atom stereocenters. The Labute approximate surface area is 138 Å². The number of halogens is 1. The van der Waals surface area contributed by atoms with Gasteiger partial charge in [0.15, 0.2) is 0 Å². The van der Waals surface area contributed by atoms with Gasteiger partial charge in [0.1, 0.15) is 0 Å². The Bertz CT molecular complexity index is 481. The number of hydrogen-bond acceptors (Lipinski definition) is 2. The van der Waals surface area contributed by atoms with E-state index in [2.05, 4.69) is 79.8 Å². The number of piperazine rings is 1. The minimum atomic E-state index is 0.288. The van der Waals surface area contributed by atoms with E-state index in [1.807, 2.05) is 0 Å². The molecule has 0 aliphatic carbocycles. The van der Waals surface area contributed by atoms with Crippen LogP contribution in [-0.4, -0.2) is 25.2 Å². The molecule has 1 aliphatic rings. The minimum absolute atomic E-state index is 0.288. The van der Waals surface area contributed by atoms with Gasteiger partial charge in [-0.3, -0.25) is 0 Å². The maximum atomic E-state index is 3.75. The molecule has 0 radical (unpaired) electrons. The molecule has 1 heterocycles. The fourth-order valence-corrected chi connectivity index (χ4v) is 3.38. The Hall–Kier alpha value is -0.540. The van der Waals surface area contributed by atoms with Crippen molar-refractivity contribution < 1.29 is 0 Å². The number of benzene rings is 1. The first-order valence-electron chi connectivity index (χ1n) is 8.00. The van der Waals surface area contributed by atoms with Gasteiger partial charge in [0, 0.05) is 35.3 Å². The van der Waals surface area contributed by atoms with E-state index in [9.17, 15) is 0 Å². The average molecular weight is 353 g/mol. The summed E-state index contributed by atoms with van der Waals surface area (Å²) in [7, 11) is 0. The van der Waals surface area contributed by atoms with Crippen LogP contribution in [0, 0.1) is 19.3 Å². The molecular weight excluding hydrogens is 324 g/mol. The Morgan fingerprint density at radius 3 is 2.29 bits per heavy atom. The Morgan fingerprint density at radius 2 is 1.81 bits per heavy atom. The molecule has 1 saturated heterocycles. The van der Waals surface area contributed by atoms with Crippen LogP contribution >= 0.6 is 15.9 Å². The maximum absolute atomic E-state index is 3.75. The van der Waals surface area contributed by atoms with E-state index < -0.39 is 0 Å². The number of nitrogens with one attached hydrogen (secondary N) is 1. The third-order valence-corrected chi connectivity index (χ3v) is 5.94. The summed E-state index contributed by atoms with van der Waals surface area (Å²) in [5.74, 6) is 0. The molecule has 1 N–H and O–H groups in total. The normalized spacial score (nSPS) is 23.5. The molecule has 3 heteroatoms. The summed E-state index contributed by atoms with van der Waals surface area (Å²) < 4.78 is 1.24. The summed E-state index contributed by atoms with van der Waals surface area (Å²) in [6.07, 6.45) is 1.18. The monoisotopic (exact) mass is 352 g/mol. The molecule has 21 heavy (non-hydrogen) atoms. The summed E-state index contributed by atoms with van der Waals surface area (Å²) in [4.78, 5) is 2.61. The highest BCUT2D eigenvalue weighted by Crippen LogP contribution is 2.32. The van der Waals surface area contributed by atoms with Crippen LogP contribution in [0.1, 0.15) is 45.2 Å². The second-order valence-corrected chi connectivity index (χ2v) is 8.23. The van der Waals surface area contributed by atoms with E-state index in [1.54, 1.807) is 0 Å². The SMILES string of the molecule is CCC1CNC(C(C)(C)C)CN1c1cc(C)c(Br)c(C)c1. The Kier molecular flexibility index (Phi) is 5.04. The van der Waals surface area contributed by atoms with Crippen LogP contribution < -0.4 is 10.2 Å². The standard InChI is InChI=1S/C18H29BrN2/c1-7-14-10-20-16(18(4,5)6)11-21(14)15-8-12(2)17(19)13(3)9-15/h8-9,14,16,20H,7,10-11H2,1-6H3. The van der Waals surface area contributed by atoms with Gasteiger partial charge in [-0.05, 0) is 48.9 Å². The first kappa shape index (κ1) is 16.8. The molecule has 0 aromatic heterocycles. The maximum Gasteiger partial charge on any atom is 0.0412 e. The summed E-state index contributed by atoms with van der Waals surface area (Å²) in [6, 6.07) is 5.77. The molecule has 2 rings (SSSR count). The zero-order valence-corrected chi connectivity index (χ0v) is 15.8. The van der Waals surface area contributed by atoms with Gasteiger partial charge in [-0.1, -0.05) is 43.6 Å². The van der Waals surface area contributed by atoms with Crippen LogP contribution in [0.15, 0.2) is 16.6 Å². The fourth-order valence-electron chi connectivity index (χ4n) is 3.15. The summed E-state index contributed by atoms with van der Waals surface area (Å²) in [5.41, 5.74) is 4.31. The molecule has 1 fully saturated rings. The minimum Gasteiger partial charge on any atom is -0.366 e. The smallest absolute Gasteiger partial charge is 0.0412 e. The lowest BCUT2D eigenvalue weighted by atomic mass is 9.84. The van der Waals surface area contributed by atoms with Gasteiger partial charge < -0.3 is 10.2 Å². The first-order chi connectivity index (χ1) is 9.74. The number of rotatable bonds is 2. The largest absolute Gasteiger partial charge is 0.366 e. The third-order valence-electron chi connectivity index (χ3n) is 4.69. The van der Waals surface area contributed by atoms with Crippen LogP contribution in [0.5, 0.6) is 0 Å². The fraction of sp³-hybridized carbons (Fsp3) is 0.667. The van der Waals surface area contributed by atoms with Crippen molar-refractivity contribution in [3.8, 4) is 0 Å². The van der Waals surface area contributed by atoms with E-state index in [0.717, 1.165) is 13.1 Å². The van der Waals surface area contributed by atoms with Crippen LogP contribution in [0.4, 0.5) is 5.69 Å². The van der Waals surface area contributed by atoms with Gasteiger partial charge in [-0.25, -0.2) is 0 Å². The average Bonchev–Trinajstić information content (AvgIpc) is 2.42. The Morgan fingerprint density at radius 1 is 1.24 bits per heavy atom.